The van der Waals surface area contributed by atoms with E-state index in [-0.39, 0.29) is 29.3 Å². The maximum atomic E-state index is 12.5. The van der Waals surface area contributed by atoms with E-state index in [1.54, 1.807) is 6.07 Å². The Labute approximate surface area is 152 Å². The molecule has 3 aliphatic rings. The summed E-state index contributed by atoms with van der Waals surface area (Å²) in [7, 11) is -3.77. The maximum absolute atomic E-state index is 12.5. The van der Waals surface area contributed by atoms with E-state index in [0.717, 1.165) is 24.8 Å². The predicted molar refractivity (Wildman–Crippen MR) is 93.8 cm³/mol. The number of amides is 1. The lowest BCUT2D eigenvalue weighted by Gasteiger charge is -2.21. The van der Waals surface area contributed by atoms with Crippen LogP contribution in [-0.2, 0) is 30.8 Å². The van der Waals surface area contributed by atoms with Crippen LogP contribution in [0.4, 0.5) is 5.69 Å². The highest BCUT2D eigenvalue weighted by Gasteiger charge is 2.44. The zero-order valence-corrected chi connectivity index (χ0v) is 15.2. The van der Waals surface area contributed by atoms with Crippen LogP contribution in [0.25, 0.3) is 0 Å². The van der Waals surface area contributed by atoms with Crippen molar-refractivity contribution >= 4 is 27.6 Å². The van der Waals surface area contributed by atoms with Gasteiger partial charge in [-0.25, -0.2) is 13.6 Å². The lowest BCUT2D eigenvalue weighted by atomic mass is 9.89. The van der Waals surface area contributed by atoms with Gasteiger partial charge in [0.2, 0.25) is 10.0 Å². The first-order valence-corrected chi connectivity index (χ1v) is 10.5. The van der Waals surface area contributed by atoms with Crippen LogP contribution in [0.2, 0.25) is 0 Å². The smallest absolute Gasteiger partial charge is 0.309 e. The summed E-state index contributed by atoms with van der Waals surface area (Å²) in [6.07, 6.45) is 4.84. The topological polar surface area (TPSA) is 107 Å². The molecular formula is C18H22N2O5S. The monoisotopic (exact) mass is 378 g/mol. The molecule has 8 heteroatoms. The number of carbonyl (C=O) groups excluding carboxylic acids is 2. The third-order valence-electron chi connectivity index (χ3n) is 5.95. The Bertz CT molecular complexity index is 866. The number of anilines is 1. The molecule has 1 aliphatic heterocycles. The number of esters is 1. The number of primary sulfonamides is 1. The number of benzene rings is 1. The van der Waals surface area contributed by atoms with Gasteiger partial charge in [-0.15, -0.1) is 0 Å². The number of ether oxygens (including phenoxy) is 1. The number of rotatable bonds is 4. The Kier molecular flexibility index (Phi) is 4.27. The van der Waals surface area contributed by atoms with Crippen molar-refractivity contribution in [2.24, 2.45) is 22.9 Å². The zero-order chi connectivity index (χ0) is 18.5. The second-order valence-corrected chi connectivity index (χ2v) is 9.08. The van der Waals surface area contributed by atoms with Gasteiger partial charge in [-0.05, 0) is 61.3 Å². The molecule has 7 nitrogen and oxygen atoms in total. The fourth-order valence-electron chi connectivity index (χ4n) is 4.67. The Morgan fingerprint density at radius 1 is 1.23 bits per heavy atom. The second kappa shape index (κ2) is 6.35. The molecule has 2 aliphatic carbocycles. The normalized spacial score (nSPS) is 26.8. The van der Waals surface area contributed by atoms with E-state index >= 15 is 0 Å². The first kappa shape index (κ1) is 17.5. The number of sulfonamides is 1. The van der Waals surface area contributed by atoms with Gasteiger partial charge < -0.3 is 9.64 Å². The fraction of sp³-hybridized carbons (Fsp3) is 0.556. The van der Waals surface area contributed by atoms with Crippen molar-refractivity contribution in [3.8, 4) is 0 Å². The maximum Gasteiger partial charge on any atom is 0.309 e. The second-order valence-electron chi connectivity index (χ2n) is 7.52. The molecule has 140 valence electrons. The van der Waals surface area contributed by atoms with E-state index in [4.69, 9.17) is 9.88 Å². The summed E-state index contributed by atoms with van der Waals surface area (Å²) >= 11 is 0. The van der Waals surface area contributed by atoms with Crippen LogP contribution in [0.15, 0.2) is 23.1 Å². The Morgan fingerprint density at radius 3 is 2.69 bits per heavy atom. The minimum atomic E-state index is -3.77. The van der Waals surface area contributed by atoms with Gasteiger partial charge in [0.15, 0.2) is 6.61 Å². The highest BCUT2D eigenvalue weighted by molar-refractivity contribution is 7.89. The quantitative estimate of drug-likeness (QED) is 0.793. The number of fused-ring (bicyclic) bond motifs is 3. The summed E-state index contributed by atoms with van der Waals surface area (Å²) in [5.41, 5.74) is 1.41. The molecule has 2 N–H and O–H groups in total. The SMILES string of the molecule is NS(=O)(=O)c1ccc2c(c1)CCN2C(=O)COC(=O)[C@H]1C[C@H]2CC[C@H]1C2. The number of nitrogens with two attached hydrogens (primary N) is 1. The summed E-state index contributed by atoms with van der Waals surface area (Å²) in [5, 5.41) is 5.15. The summed E-state index contributed by atoms with van der Waals surface area (Å²) in [6.45, 7) is 0.164. The largest absolute Gasteiger partial charge is 0.455 e. The van der Waals surface area contributed by atoms with E-state index in [0.29, 0.717) is 30.5 Å². The van der Waals surface area contributed by atoms with E-state index in [1.165, 1.54) is 23.5 Å². The van der Waals surface area contributed by atoms with Gasteiger partial charge in [-0.1, -0.05) is 6.42 Å². The number of hydrogen-bond donors (Lipinski definition) is 1. The van der Waals surface area contributed by atoms with Crippen LogP contribution in [0.1, 0.15) is 31.2 Å². The molecule has 1 amide bonds. The van der Waals surface area contributed by atoms with E-state index in [1.807, 2.05) is 0 Å². The predicted octanol–water partition coefficient (Wildman–Crippen LogP) is 1.20. The van der Waals surface area contributed by atoms with Gasteiger partial charge in [-0.2, -0.15) is 0 Å². The van der Waals surface area contributed by atoms with Crippen LogP contribution >= 0.6 is 0 Å². The van der Waals surface area contributed by atoms with Crippen molar-refractivity contribution in [1.29, 1.82) is 0 Å². The summed E-state index contributed by atoms with van der Waals surface area (Å²) in [6, 6.07) is 4.47. The van der Waals surface area contributed by atoms with Gasteiger partial charge in [-0.3, -0.25) is 9.59 Å². The summed E-state index contributed by atoms with van der Waals surface area (Å²) in [4.78, 5) is 26.3. The van der Waals surface area contributed by atoms with Crippen LogP contribution < -0.4 is 10.0 Å². The number of carbonyl (C=O) groups is 2. The van der Waals surface area contributed by atoms with Gasteiger partial charge in [0, 0.05) is 12.2 Å². The summed E-state index contributed by atoms with van der Waals surface area (Å²) < 4.78 is 28.2. The van der Waals surface area contributed by atoms with Gasteiger partial charge in [0.1, 0.15) is 0 Å². The molecule has 1 heterocycles. The molecule has 4 rings (SSSR count). The minimum Gasteiger partial charge on any atom is -0.455 e. The molecule has 2 bridgehead atoms. The number of hydrogen-bond acceptors (Lipinski definition) is 5. The first-order valence-electron chi connectivity index (χ1n) is 8.95. The van der Waals surface area contributed by atoms with Gasteiger partial charge in [0.05, 0.1) is 10.8 Å². The molecule has 1 aromatic rings. The van der Waals surface area contributed by atoms with Crippen LogP contribution in [0.5, 0.6) is 0 Å². The number of nitrogens with zero attached hydrogens (tertiary/aromatic N) is 1. The average molecular weight is 378 g/mol. The highest BCUT2D eigenvalue weighted by Crippen LogP contribution is 2.48. The molecule has 0 radical (unpaired) electrons. The van der Waals surface area contributed by atoms with Gasteiger partial charge >= 0.3 is 5.97 Å². The summed E-state index contributed by atoms with van der Waals surface area (Å²) in [5.74, 6) is 0.473. The standard InChI is InChI=1S/C18H22N2O5S/c19-26(23,24)14-3-4-16-13(9-14)5-6-20(16)17(21)10-25-18(22)15-8-11-1-2-12(15)7-11/h3-4,9,11-12,15H,1-2,5-8,10H2,(H2,19,23,24)/t11-,12-,15-/m0/s1. The molecular weight excluding hydrogens is 356 g/mol. The molecule has 0 unspecified atom stereocenters. The molecule has 0 aromatic heterocycles. The fourth-order valence-corrected chi connectivity index (χ4v) is 5.23. The van der Waals surface area contributed by atoms with Crippen molar-refractivity contribution in [1.82, 2.24) is 0 Å². The molecule has 0 spiro atoms. The van der Waals surface area contributed by atoms with Crippen molar-refractivity contribution < 1.29 is 22.7 Å². The molecule has 3 atom stereocenters. The van der Waals surface area contributed by atoms with Crippen LogP contribution in [0, 0.1) is 17.8 Å². The van der Waals surface area contributed by atoms with Crippen molar-refractivity contribution in [2.45, 2.75) is 37.0 Å². The first-order chi connectivity index (χ1) is 12.3. The lowest BCUT2D eigenvalue weighted by Crippen LogP contribution is -2.34. The lowest BCUT2D eigenvalue weighted by molar-refractivity contribution is -0.153. The molecule has 2 fully saturated rings. The third kappa shape index (κ3) is 3.12. The zero-order valence-electron chi connectivity index (χ0n) is 14.4. The molecule has 26 heavy (non-hydrogen) atoms. The molecule has 1 aromatic carbocycles. The van der Waals surface area contributed by atoms with E-state index < -0.39 is 10.0 Å². The Balaban J connectivity index is 1.39. The molecule has 0 saturated heterocycles. The van der Waals surface area contributed by atoms with Crippen molar-refractivity contribution in [2.75, 3.05) is 18.1 Å². The molecule has 2 saturated carbocycles. The highest BCUT2D eigenvalue weighted by atomic mass is 32.2. The van der Waals surface area contributed by atoms with Gasteiger partial charge in [0.25, 0.3) is 5.91 Å². The van der Waals surface area contributed by atoms with E-state index in [2.05, 4.69) is 0 Å². The van der Waals surface area contributed by atoms with Crippen LogP contribution in [0.3, 0.4) is 0 Å². The minimum absolute atomic E-state index is 0.0354. The van der Waals surface area contributed by atoms with E-state index in [9.17, 15) is 18.0 Å². The Hall–Kier alpha value is -1.93. The van der Waals surface area contributed by atoms with Crippen molar-refractivity contribution in [3.63, 3.8) is 0 Å². The average Bonchev–Trinajstić information content (AvgIpc) is 3.32. The van der Waals surface area contributed by atoms with Crippen molar-refractivity contribution in [3.05, 3.63) is 23.8 Å². The third-order valence-corrected chi connectivity index (χ3v) is 6.87. The van der Waals surface area contributed by atoms with Crippen LogP contribution in [-0.4, -0.2) is 33.4 Å². The Morgan fingerprint density at radius 2 is 2.04 bits per heavy atom.